The summed E-state index contributed by atoms with van der Waals surface area (Å²) in [5, 5.41) is 24.3. The Labute approximate surface area is 113 Å². The van der Waals surface area contributed by atoms with Gasteiger partial charge in [0.15, 0.2) is 0 Å². The number of hydrogen-bond donors (Lipinski definition) is 4. The number of rotatable bonds is 7. The maximum atomic E-state index is 12.1. The molecule has 0 saturated carbocycles. The van der Waals surface area contributed by atoms with Crippen LogP contribution in [0.4, 0.5) is 0 Å². The van der Waals surface area contributed by atoms with Crippen LogP contribution in [0.3, 0.4) is 0 Å². The lowest BCUT2D eigenvalue weighted by atomic mass is 10.0. The summed E-state index contributed by atoms with van der Waals surface area (Å²) in [5.41, 5.74) is 0.264. The van der Waals surface area contributed by atoms with Crippen molar-refractivity contribution in [3.63, 3.8) is 0 Å². The van der Waals surface area contributed by atoms with Gasteiger partial charge in [-0.05, 0) is 38.6 Å². The van der Waals surface area contributed by atoms with Gasteiger partial charge in [-0.1, -0.05) is 18.2 Å². The minimum Gasteiger partial charge on any atom is -0.393 e. The number of likely N-dealkylation sites (N-methyl/N-ethyl adjacent to an activating group) is 1. The molecule has 0 aliphatic heterocycles. The van der Waals surface area contributed by atoms with Gasteiger partial charge in [0, 0.05) is 12.1 Å². The molecule has 1 rings (SSSR count). The first-order valence-electron chi connectivity index (χ1n) is 6.34. The zero-order valence-electron chi connectivity index (χ0n) is 11.4. The molecule has 0 bridgehead atoms. The number of carbonyl (C=O) groups is 1. The predicted octanol–water partition coefficient (Wildman–Crippen LogP) is -0.0784. The summed E-state index contributed by atoms with van der Waals surface area (Å²) in [7, 11) is 1.86. The van der Waals surface area contributed by atoms with Crippen molar-refractivity contribution in [3.05, 3.63) is 35.4 Å². The lowest BCUT2D eigenvalue weighted by Gasteiger charge is -2.21. The number of benzene rings is 1. The van der Waals surface area contributed by atoms with Crippen molar-refractivity contribution in [2.75, 3.05) is 26.7 Å². The molecule has 0 aliphatic rings. The Morgan fingerprint density at radius 2 is 2.05 bits per heavy atom. The Kier molecular flexibility index (Phi) is 5.95. The third-order valence-corrected chi connectivity index (χ3v) is 2.88. The molecule has 1 unspecified atom stereocenters. The number of amides is 1. The highest BCUT2D eigenvalue weighted by Crippen LogP contribution is 2.10. The van der Waals surface area contributed by atoms with Crippen molar-refractivity contribution in [2.24, 2.45) is 0 Å². The predicted molar refractivity (Wildman–Crippen MR) is 74.1 cm³/mol. The molecule has 0 aromatic heterocycles. The Bertz CT molecular complexity index is 419. The fourth-order valence-electron chi connectivity index (χ4n) is 1.64. The minimum atomic E-state index is -1.30. The average Bonchev–Trinajstić information content (AvgIpc) is 2.43. The van der Waals surface area contributed by atoms with E-state index in [4.69, 9.17) is 5.11 Å². The standard InChI is InChI=1S/C14H22N2O3/c1-14(19,10-17)9-16-13(18)12-6-4-3-5-11(12)7-8-15-2/h3-6,15,17,19H,7-10H2,1-2H3,(H,16,18). The van der Waals surface area contributed by atoms with E-state index in [2.05, 4.69) is 10.6 Å². The van der Waals surface area contributed by atoms with Crippen molar-refractivity contribution in [2.45, 2.75) is 18.9 Å². The van der Waals surface area contributed by atoms with Gasteiger partial charge < -0.3 is 20.8 Å². The molecule has 1 amide bonds. The van der Waals surface area contributed by atoms with E-state index in [1.54, 1.807) is 6.07 Å². The summed E-state index contributed by atoms with van der Waals surface area (Å²) < 4.78 is 0. The number of nitrogens with one attached hydrogen (secondary N) is 2. The van der Waals surface area contributed by atoms with Crippen molar-refractivity contribution >= 4 is 5.91 Å². The number of hydrogen-bond acceptors (Lipinski definition) is 4. The highest BCUT2D eigenvalue weighted by molar-refractivity contribution is 5.95. The molecule has 1 aromatic rings. The molecule has 5 nitrogen and oxygen atoms in total. The van der Waals surface area contributed by atoms with E-state index in [0.29, 0.717) is 5.56 Å². The SMILES string of the molecule is CNCCc1ccccc1C(=O)NCC(C)(O)CO. The summed E-state index contributed by atoms with van der Waals surface area (Å²) in [6.45, 7) is 1.89. The van der Waals surface area contributed by atoms with E-state index in [0.717, 1.165) is 18.5 Å². The third kappa shape index (κ3) is 4.98. The fraction of sp³-hybridized carbons (Fsp3) is 0.500. The van der Waals surface area contributed by atoms with Gasteiger partial charge in [-0.3, -0.25) is 4.79 Å². The zero-order valence-corrected chi connectivity index (χ0v) is 11.4. The summed E-state index contributed by atoms with van der Waals surface area (Å²) in [4.78, 5) is 12.1. The fourth-order valence-corrected chi connectivity index (χ4v) is 1.64. The summed E-state index contributed by atoms with van der Waals surface area (Å²) in [6, 6.07) is 7.37. The molecule has 0 spiro atoms. The second-order valence-electron chi connectivity index (χ2n) is 4.85. The van der Waals surface area contributed by atoms with Crippen LogP contribution in [-0.4, -0.2) is 48.5 Å². The first-order valence-corrected chi connectivity index (χ1v) is 6.34. The summed E-state index contributed by atoms with van der Waals surface area (Å²) >= 11 is 0. The van der Waals surface area contributed by atoms with Crippen molar-refractivity contribution in [1.82, 2.24) is 10.6 Å². The molecular formula is C14H22N2O3. The van der Waals surface area contributed by atoms with Crippen molar-refractivity contribution < 1.29 is 15.0 Å². The molecule has 0 radical (unpaired) electrons. The van der Waals surface area contributed by atoms with Crippen LogP contribution >= 0.6 is 0 Å². The summed E-state index contributed by atoms with van der Waals surface area (Å²) in [5.74, 6) is -0.236. The van der Waals surface area contributed by atoms with Crippen LogP contribution in [0.15, 0.2) is 24.3 Å². The molecule has 0 heterocycles. The minimum absolute atomic E-state index is 0.0166. The molecule has 1 aromatic carbocycles. The maximum Gasteiger partial charge on any atom is 0.251 e. The lowest BCUT2D eigenvalue weighted by molar-refractivity contribution is 0.00319. The molecule has 0 fully saturated rings. The van der Waals surface area contributed by atoms with E-state index in [9.17, 15) is 9.90 Å². The van der Waals surface area contributed by atoms with Crippen LogP contribution in [0.1, 0.15) is 22.8 Å². The molecular weight excluding hydrogens is 244 g/mol. The third-order valence-electron chi connectivity index (χ3n) is 2.88. The van der Waals surface area contributed by atoms with Gasteiger partial charge in [0.25, 0.3) is 5.91 Å². The second kappa shape index (κ2) is 7.23. The maximum absolute atomic E-state index is 12.1. The van der Waals surface area contributed by atoms with Gasteiger partial charge in [-0.2, -0.15) is 0 Å². The summed E-state index contributed by atoms with van der Waals surface area (Å²) in [6.07, 6.45) is 0.760. The van der Waals surface area contributed by atoms with Gasteiger partial charge in [0.1, 0.15) is 5.60 Å². The molecule has 4 N–H and O–H groups in total. The van der Waals surface area contributed by atoms with Crippen LogP contribution in [0, 0.1) is 0 Å². The molecule has 19 heavy (non-hydrogen) atoms. The lowest BCUT2D eigenvalue weighted by Crippen LogP contribution is -2.43. The smallest absolute Gasteiger partial charge is 0.251 e. The van der Waals surface area contributed by atoms with Crippen molar-refractivity contribution in [1.29, 1.82) is 0 Å². The van der Waals surface area contributed by atoms with Crippen LogP contribution in [0.5, 0.6) is 0 Å². The molecule has 106 valence electrons. The number of aliphatic hydroxyl groups excluding tert-OH is 1. The Morgan fingerprint density at radius 3 is 2.68 bits per heavy atom. The highest BCUT2D eigenvalue weighted by atomic mass is 16.3. The Hall–Kier alpha value is -1.43. The first kappa shape index (κ1) is 15.6. The van der Waals surface area contributed by atoms with Gasteiger partial charge in [-0.15, -0.1) is 0 Å². The van der Waals surface area contributed by atoms with Crippen LogP contribution in [-0.2, 0) is 6.42 Å². The van der Waals surface area contributed by atoms with Gasteiger partial charge in [0.05, 0.1) is 6.61 Å². The molecule has 5 heteroatoms. The topological polar surface area (TPSA) is 81.6 Å². The van der Waals surface area contributed by atoms with Gasteiger partial charge in [0.2, 0.25) is 0 Å². The number of carbonyl (C=O) groups excluding carboxylic acids is 1. The molecule has 1 atom stereocenters. The zero-order chi connectivity index (χ0) is 14.3. The van der Waals surface area contributed by atoms with Gasteiger partial charge in [-0.25, -0.2) is 0 Å². The second-order valence-corrected chi connectivity index (χ2v) is 4.85. The largest absolute Gasteiger partial charge is 0.393 e. The Balaban J connectivity index is 2.71. The Morgan fingerprint density at radius 1 is 1.37 bits per heavy atom. The van der Waals surface area contributed by atoms with Crippen molar-refractivity contribution in [3.8, 4) is 0 Å². The van der Waals surface area contributed by atoms with E-state index >= 15 is 0 Å². The quantitative estimate of drug-likeness (QED) is 0.556. The van der Waals surface area contributed by atoms with Crippen LogP contribution in [0.25, 0.3) is 0 Å². The molecule has 0 saturated heterocycles. The van der Waals surface area contributed by atoms with Gasteiger partial charge >= 0.3 is 0 Å². The van der Waals surface area contributed by atoms with E-state index < -0.39 is 12.2 Å². The first-order chi connectivity index (χ1) is 9.00. The van der Waals surface area contributed by atoms with Crippen LogP contribution in [0.2, 0.25) is 0 Å². The molecule has 0 aliphatic carbocycles. The monoisotopic (exact) mass is 266 g/mol. The number of aliphatic hydroxyl groups is 2. The normalized spacial score (nSPS) is 13.9. The van der Waals surface area contributed by atoms with E-state index in [-0.39, 0.29) is 12.5 Å². The average molecular weight is 266 g/mol. The van der Waals surface area contributed by atoms with Crippen LogP contribution < -0.4 is 10.6 Å². The highest BCUT2D eigenvalue weighted by Gasteiger charge is 2.20. The van der Waals surface area contributed by atoms with E-state index in [1.165, 1.54) is 6.92 Å². The van der Waals surface area contributed by atoms with E-state index in [1.807, 2.05) is 25.2 Å².